The molecule has 1 aromatic carbocycles. The molecule has 0 aliphatic rings. The summed E-state index contributed by atoms with van der Waals surface area (Å²) in [7, 11) is 0. The highest BCUT2D eigenvalue weighted by Gasteiger charge is 2.11. The lowest BCUT2D eigenvalue weighted by atomic mass is 10.2. The van der Waals surface area contributed by atoms with Gasteiger partial charge in [-0.25, -0.2) is 9.97 Å². The second kappa shape index (κ2) is 6.38. The van der Waals surface area contributed by atoms with Crippen LogP contribution in [0.25, 0.3) is 21.7 Å². The van der Waals surface area contributed by atoms with Crippen molar-refractivity contribution in [3.63, 3.8) is 0 Å². The van der Waals surface area contributed by atoms with Crippen LogP contribution in [-0.4, -0.2) is 20.2 Å². The van der Waals surface area contributed by atoms with E-state index in [0.29, 0.717) is 17.5 Å². The molecule has 3 heterocycles. The summed E-state index contributed by atoms with van der Waals surface area (Å²) < 4.78 is 7.83. The molecule has 8 heteroatoms. The van der Waals surface area contributed by atoms with Crippen molar-refractivity contribution in [1.82, 2.24) is 20.2 Å². The Balaban J connectivity index is 1.52. The van der Waals surface area contributed by atoms with Crippen LogP contribution in [0.1, 0.15) is 5.89 Å². The minimum Gasteiger partial charge on any atom is -0.420 e. The van der Waals surface area contributed by atoms with Gasteiger partial charge in [-0.05, 0) is 35.7 Å². The van der Waals surface area contributed by atoms with Gasteiger partial charge in [0.25, 0.3) is 0 Å². The summed E-state index contributed by atoms with van der Waals surface area (Å²) in [5.74, 6) is 1.68. The Morgan fingerprint density at radius 3 is 2.83 bits per heavy atom. The van der Waals surface area contributed by atoms with Crippen LogP contribution in [0.15, 0.2) is 56.0 Å². The number of hydrogen-bond acceptors (Lipinski definition) is 7. The highest BCUT2D eigenvalue weighted by molar-refractivity contribution is 9.10. The van der Waals surface area contributed by atoms with Crippen LogP contribution in [0, 0.1) is 0 Å². The maximum atomic E-state index is 5.73. The van der Waals surface area contributed by atoms with E-state index in [1.54, 1.807) is 29.4 Å². The van der Waals surface area contributed by atoms with Gasteiger partial charge in [0.15, 0.2) is 0 Å². The van der Waals surface area contributed by atoms with Crippen molar-refractivity contribution in [2.45, 2.75) is 10.8 Å². The highest BCUT2D eigenvalue weighted by Crippen LogP contribution is 2.31. The van der Waals surface area contributed by atoms with E-state index in [2.05, 4.69) is 36.1 Å². The van der Waals surface area contributed by atoms with Crippen LogP contribution in [0.3, 0.4) is 0 Å². The fraction of sp³-hybridized carbons (Fsp3) is 0.0667. The largest absolute Gasteiger partial charge is 0.420 e. The first kappa shape index (κ1) is 14.8. The van der Waals surface area contributed by atoms with Crippen molar-refractivity contribution in [2.75, 3.05) is 0 Å². The molecule has 0 spiro atoms. The molecule has 114 valence electrons. The first-order valence-corrected chi connectivity index (χ1v) is 9.35. The molecule has 4 rings (SSSR count). The van der Waals surface area contributed by atoms with E-state index in [4.69, 9.17) is 4.42 Å². The molecule has 0 unspecified atom stereocenters. The number of halogens is 1. The third-order valence-electron chi connectivity index (χ3n) is 3.10. The maximum Gasteiger partial charge on any atom is 0.247 e. The smallest absolute Gasteiger partial charge is 0.247 e. The number of nitrogens with zero attached hydrogens (tertiary/aromatic N) is 4. The lowest BCUT2D eigenvalue weighted by Crippen LogP contribution is -1.85. The molecule has 0 bridgehead atoms. The summed E-state index contributed by atoms with van der Waals surface area (Å²) in [6.45, 7) is 0. The molecule has 0 amide bonds. The van der Waals surface area contributed by atoms with Crippen LogP contribution in [0.5, 0.6) is 0 Å². The Morgan fingerprint density at radius 2 is 1.96 bits per heavy atom. The summed E-state index contributed by atoms with van der Waals surface area (Å²) in [5.41, 5.74) is 1.87. The van der Waals surface area contributed by atoms with E-state index in [1.165, 1.54) is 0 Å². The second-order valence-electron chi connectivity index (χ2n) is 4.61. The molecule has 0 aliphatic heterocycles. The van der Waals surface area contributed by atoms with E-state index >= 15 is 0 Å². The van der Waals surface area contributed by atoms with Crippen LogP contribution in [-0.2, 0) is 5.75 Å². The zero-order valence-corrected chi connectivity index (χ0v) is 14.9. The summed E-state index contributed by atoms with van der Waals surface area (Å²) >= 11 is 6.62. The molecular formula is C15H9BrN4OS2. The molecule has 0 N–H and O–H groups in total. The van der Waals surface area contributed by atoms with E-state index in [-0.39, 0.29) is 0 Å². The highest BCUT2D eigenvalue weighted by atomic mass is 79.9. The van der Waals surface area contributed by atoms with Gasteiger partial charge >= 0.3 is 0 Å². The third-order valence-corrected chi connectivity index (χ3v) is 5.64. The molecule has 0 fully saturated rings. The molecule has 3 aromatic heterocycles. The van der Waals surface area contributed by atoms with Crippen molar-refractivity contribution in [1.29, 1.82) is 0 Å². The van der Waals surface area contributed by atoms with Gasteiger partial charge in [-0.15, -0.1) is 21.5 Å². The minimum atomic E-state index is 0.525. The molecule has 0 radical (unpaired) electrons. The Morgan fingerprint density at radius 1 is 1.09 bits per heavy atom. The Hall–Kier alpha value is -1.77. The van der Waals surface area contributed by atoms with Crippen LogP contribution in [0.2, 0.25) is 0 Å². The molecular weight excluding hydrogens is 396 g/mol. The number of thioether (sulfide) groups is 1. The van der Waals surface area contributed by atoms with Crippen molar-refractivity contribution in [3.05, 3.63) is 52.4 Å². The molecule has 0 saturated heterocycles. The maximum absolute atomic E-state index is 5.73. The SMILES string of the molecule is Brc1ccc(-c2nnc(CSc3ncnc4ccsc34)o2)cc1. The standard InChI is InChI=1S/C15H9BrN4OS2/c16-10-3-1-9(2-4-10)14-20-19-12(21-14)7-23-15-13-11(5-6-22-13)17-8-18-15/h1-6,8H,7H2. The monoisotopic (exact) mass is 404 g/mol. The van der Waals surface area contributed by atoms with Crippen molar-refractivity contribution in [3.8, 4) is 11.5 Å². The van der Waals surface area contributed by atoms with Gasteiger partial charge in [-0.2, -0.15) is 0 Å². The summed E-state index contributed by atoms with van der Waals surface area (Å²) in [4.78, 5) is 8.57. The fourth-order valence-corrected chi connectivity index (χ4v) is 4.07. The van der Waals surface area contributed by atoms with Gasteiger partial charge in [0, 0.05) is 10.0 Å². The lowest BCUT2D eigenvalue weighted by molar-refractivity contribution is 0.528. The van der Waals surface area contributed by atoms with Gasteiger partial charge in [-0.1, -0.05) is 27.7 Å². The first-order valence-electron chi connectivity index (χ1n) is 6.69. The average Bonchev–Trinajstić information content (AvgIpc) is 3.23. The normalized spacial score (nSPS) is 11.2. The zero-order valence-electron chi connectivity index (χ0n) is 11.6. The Kier molecular flexibility index (Phi) is 4.11. The van der Waals surface area contributed by atoms with E-state index in [0.717, 1.165) is 25.3 Å². The molecule has 23 heavy (non-hydrogen) atoms. The predicted octanol–water partition coefficient (Wildman–Crippen LogP) is 4.80. The molecule has 5 nitrogen and oxygen atoms in total. The number of rotatable bonds is 4. The quantitative estimate of drug-likeness (QED) is 0.359. The van der Waals surface area contributed by atoms with Crippen molar-refractivity contribution in [2.24, 2.45) is 0 Å². The van der Waals surface area contributed by atoms with Crippen molar-refractivity contribution >= 4 is 49.2 Å². The predicted molar refractivity (Wildman–Crippen MR) is 94.4 cm³/mol. The number of hydrogen-bond donors (Lipinski definition) is 0. The van der Waals surface area contributed by atoms with Gasteiger partial charge in [0.2, 0.25) is 11.8 Å². The lowest BCUT2D eigenvalue weighted by Gasteiger charge is -1.98. The molecule has 0 atom stereocenters. The summed E-state index contributed by atoms with van der Waals surface area (Å²) in [6, 6.07) is 9.76. The van der Waals surface area contributed by atoms with E-state index < -0.39 is 0 Å². The zero-order chi connectivity index (χ0) is 15.6. The number of thiophene rings is 1. The van der Waals surface area contributed by atoms with Crippen LogP contribution in [0.4, 0.5) is 0 Å². The Bertz CT molecular complexity index is 951. The Labute approximate surface area is 148 Å². The molecule has 0 aliphatic carbocycles. The summed E-state index contributed by atoms with van der Waals surface area (Å²) in [6.07, 6.45) is 1.58. The fourth-order valence-electron chi connectivity index (χ4n) is 2.02. The number of fused-ring (bicyclic) bond motifs is 1. The van der Waals surface area contributed by atoms with Gasteiger partial charge < -0.3 is 4.42 Å². The molecule has 0 saturated carbocycles. The van der Waals surface area contributed by atoms with E-state index in [9.17, 15) is 0 Å². The minimum absolute atomic E-state index is 0.525. The first-order chi connectivity index (χ1) is 11.3. The van der Waals surface area contributed by atoms with Crippen LogP contribution >= 0.6 is 39.0 Å². The topological polar surface area (TPSA) is 64.7 Å². The number of aromatic nitrogens is 4. The van der Waals surface area contributed by atoms with E-state index in [1.807, 2.05) is 35.7 Å². The van der Waals surface area contributed by atoms with Crippen LogP contribution < -0.4 is 0 Å². The number of benzene rings is 1. The third kappa shape index (κ3) is 3.15. The second-order valence-corrected chi connectivity index (χ2v) is 7.41. The molecule has 4 aromatic rings. The summed E-state index contributed by atoms with van der Waals surface area (Å²) in [5, 5.41) is 11.2. The van der Waals surface area contributed by atoms with Gasteiger partial charge in [0.1, 0.15) is 11.4 Å². The van der Waals surface area contributed by atoms with Gasteiger partial charge in [-0.3, -0.25) is 0 Å². The van der Waals surface area contributed by atoms with Gasteiger partial charge in [0.05, 0.1) is 16.0 Å². The average molecular weight is 405 g/mol. The van der Waals surface area contributed by atoms with Crippen molar-refractivity contribution < 1.29 is 4.42 Å².